The van der Waals surface area contributed by atoms with E-state index in [1.54, 1.807) is 6.07 Å². The monoisotopic (exact) mass is 250 g/mol. The van der Waals surface area contributed by atoms with E-state index in [-0.39, 0.29) is 17.6 Å². The van der Waals surface area contributed by atoms with Crippen LogP contribution in [0.4, 0.5) is 0 Å². The van der Waals surface area contributed by atoms with Crippen LogP contribution >= 0.6 is 0 Å². The second kappa shape index (κ2) is 5.89. The number of aryl methyl sites for hydroxylation is 1. The second-order valence-corrected chi connectivity index (χ2v) is 5.33. The number of phenols is 1. The summed E-state index contributed by atoms with van der Waals surface area (Å²) < 4.78 is 0. The standard InChI is InChI=1S/C15H22O3/c1-4-15(2,3)12-8-9-13(16)11(10-12)6-5-7-14(17)18/h8-10,16H,4-7H2,1-3H3,(H,17,18). The first-order valence-electron chi connectivity index (χ1n) is 6.41. The molecule has 0 amide bonds. The third kappa shape index (κ3) is 3.76. The quantitative estimate of drug-likeness (QED) is 0.812. The van der Waals surface area contributed by atoms with Crippen molar-refractivity contribution in [1.29, 1.82) is 0 Å². The van der Waals surface area contributed by atoms with Gasteiger partial charge in [0.15, 0.2) is 0 Å². The average Bonchev–Trinajstić information content (AvgIpc) is 2.31. The van der Waals surface area contributed by atoms with Crippen LogP contribution in [-0.2, 0) is 16.6 Å². The highest BCUT2D eigenvalue weighted by Crippen LogP contribution is 2.30. The Morgan fingerprint density at radius 2 is 2.00 bits per heavy atom. The fourth-order valence-corrected chi connectivity index (χ4v) is 1.84. The molecule has 0 heterocycles. The highest BCUT2D eigenvalue weighted by atomic mass is 16.4. The number of aromatic hydroxyl groups is 1. The fraction of sp³-hybridized carbons (Fsp3) is 0.533. The molecule has 3 heteroatoms. The lowest BCUT2D eigenvalue weighted by Crippen LogP contribution is -2.15. The predicted octanol–water partition coefficient (Wildman–Crippen LogP) is 3.49. The number of carboxylic acid groups (broad SMARTS) is 1. The summed E-state index contributed by atoms with van der Waals surface area (Å²) in [6.07, 6.45) is 2.32. The molecule has 0 atom stereocenters. The molecule has 1 aromatic rings. The van der Waals surface area contributed by atoms with Crippen molar-refractivity contribution in [3.63, 3.8) is 0 Å². The third-order valence-electron chi connectivity index (χ3n) is 3.58. The van der Waals surface area contributed by atoms with Crippen molar-refractivity contribution in [1.82, 2.24) is 0 Å². The van der Waals surface area contributed by atoms with Crippen LogP contribution in [0.15, 0.2) is 18.2 Å². The minimum Gasteiger partial charge on any atom is -0.508 e. The van der Waals surface area contributed by atoms with E-state index in [0.717, 1.165) is 12.0 Å². The number of hydrogen-bond donors (Lipinski definition) is 2. The molecule has 0 spiro atoms. The van der Waals surface area contributed by atoms with Crippen molar-refractivity contribution in [2.75, 3.05) is 0 Å². The van der Waals surface area contributed by atoms with Crippen LogP contribution in [0.25, 0.3) is 0 Å². The molecule has 0 aliphatic heterocycles. The molecule has 0 saturated carbocycles. The normalized spacial score (nSPS) is 11.5. The molecule has 0 unspecified atom stereocenters. The van der Waals surface area contributed by atoms with Gasteiger partial charge in [0, 0.05) is 6.42 Å². The van der Waals surface area contributed by atoms with E-state index in [9.17, 15) is 9.90 Å². The maximum absolute atomic E-state index is 10.5. The fourth-order valence-electron chi connectivity index (χ4n) is 1.84. The lowest BCUT2D eigenvalue weighted by atomic mass is 9.81. The van der Waals surface area contributed by atoms with E-state index in [2.05, 4.69) is 20.8 Å². The van der Waals surface area contributed by atoms with Crippen molar-refractivity contribution in [2.24, 2.45) is 0 Å². The van der Waals surface area contributed by atoms with Gasteiger partial charge in [-0.1, -0.05) is 32.9 Å². The largest absolute Gasteiger partial charge is 0.508 e. The first kappa shape index (κ1) is 14.6. The lowest BCUT2D eigenvalue weighted by Gasteiger charge is -2.24. The Kier molecular flexibility index (Phi) is 4.76. The summed E-state index contributed by atoms with van der Waals surface area (Å²) in [4.78, 5) is 10.5. The zero-order chi connectivity index (χ0) is 13.8. The molecule has 100 valence electrons. The maximum Gasteiger partial charge on any atom is 0.303 e. The van der Waals surface area contributed by atoms with Crippen molar-refractivity contribution in [2.45, 2.75) is 51.9 Å². The Morgan fingerprint density at radius 1 is 1.33 bits per heavy atom. The Hall–Kier alpha value is -1.51. The zero-order valence-electron chi connectivity index (χ0n) is 11.4. The predicted molar refractivity (Wildman–Crippen MR) is 72.0 cm³/mol. The van der Waals surface area contributed by atoms with Gasteiger partial charge in [-0.25, -0.2) is 0 Å². The molecule has 0 radical (unpaired) electrons. The maximum atomic E-state index is 10.5. The molecule has 1 aromatic carbocycles. The topological polar surface area (TPSA) is 57.5 Å². The van der Waals surface area contributed by atoms with E-state index in [1.807, 2.05) is 12.1 Å². The Morgan fingerprint density at radius 3 is 2.56 bits per heavy atom. The molecule has 0 fully saturated rings. The molecular weight excluding hydrogens is 228 g/mol. The first-order chi connectivity index (χ1) is 8.36. The minimum absolute atomic E-state index is 0.0786. The molecule has 0 saturated heterocycles. The summed E-state index contributed by atoms with van der Waals surface area (Å²) in [7, 11) is 0. The number of benzene rings is 1. The molecular formula is C15H22O3. The van der Waals surface area contributed by atoms with Gasteiger partial charge in [0.2, 0.25) is 0 Å². The van der Waals surface area contributed by atoms with Gasteiger partial charge in [-0.15, -0.1) is 0 Å². The van der Waals surface area contributed by atoms with Crippen molar-refractivity contribution in [3.05, 3.63) is 29.3 Å². The zero-order valence-corrected chi connectivity index (χ0v) is 11.4. The van der Waals surface area contributed by atoms with Gasteiger partial charge in [-0.2, -0.15) is 0 Å². The number of carboxylic acids is 1. The van der Waals surface area contributed by atoms with Gasteiger partial charge in [0.25, 0.3) is 0 Å². The van der Waals surface area contributed by atoms with Crippen LogP contribution in [0.3, 0.4) is 0 Å². The average molecular weight is 250 g/mol. The van der Waals surface area contributed by atoms with Crippen LogP contribution in [0, 0.1) is 0 Å². The van der Waals surface area contributed by atoms with E-state index in [4.69, 9.17) is 5.11 Å². The Labute approximate surface area is 108 Å². The summed E-state index contributed by atoms with van der Waals surface area (Å²) >= 11 is 0. The van der Waals surface area contributed by atoms with Crippen LogP contribution < -0.4 is 0 Å². The van der Waals surface area contributed by atoms with Crippen molar-refractivity contribution in [3.8, 4) is 5.75 Å². The van der Waals surface area contributed by atoms with Crippen molar-refractivity contribution >= 4 is 5.97 Å². The number of rotatable bonds is 6. The van der Waals surface area contributed by atoms with Gasteiger partial charge in [-0.05, 0) is 41.9 Å². The molecule has 0 bridgehead atoms. The Bertz CT molecular complexity index is 422. The SMILES string of the molecule is CCC(C)(C)c1ccc(O)c(CCCC(=O)O)c1. The van der Waals surface area contributed by atoms with Crippen molar-refractivity contribution < 1.29 is 15.0 Å². The molecule has 0 aliphatic rings. The van der Waals surface area contributed by atoms with Gasteiger partial charge in [-0.3, -0.25) is 4.79 Å². The van der Waals surface area contributed by atoms with E-state index < -0.39 is 5.97 Å². The molecule has 1 rings (SSSR count). The molecule has 2 N–H and O–H groups in total. The van der Waals surface area contributed by atoms with Gasteiger partial charge in [0.1, 0.15) is 5.75 Å². The van der Waals surface area contributed by atoms with Gasteiger partial charge in [0.05, 0.1) is 0 Å². The highest BCUT2D eigenvalue weighted by molar-refractivity contribution is 5.66. The second-order valence-electron chi connectivity index (χ2n) is 5.33. The summed E-state index contributed by atoms with van der Waals surface area (Å²) in [5, 5.41) is 18.4. The number of carbonyl (C=O) groups is 1. The molecule has 0 aromatic heterocycles. The minimum atomic E-state index is -0.792. The summed E-state index contributed by atoms with van der Waals surface area (Å²) in [6, 6.07) is 5.66. The van der Waals surface area contributed by atoms with E-state index in [1.165, 1.54) is 5.56 Å². The molecule has 3 nitrogen and oxygen atoms in total. The van der Waals surface area contributed by atoms with E-state index in [0.29, 0.717) is 12.8 Å². The van der Waals surface area contributed by atoms with Crippen LogP contribution in [0.1, 0.15) is 51.2 Å². The summed E-state index contributed by atoms with van der Waals surface area (Å²) in [5.74, 6) is -0.532. The highest BCUT2D eigenvalue weighted by Gasteiger charge is 2.19. The summed E-state index contributed by atoms with van der Waals surface area (Å²) in [6.45, 7) is 6.47. The molecule has 0 aliphatic carbocycles. The molecule has 18 heavy (non-hydrogen) atoms. The Balaban J connectivity index is 2.84. The lowest BCUT2D eigenvalue weighted by molar-refractivity contribution is -0.137. The summed E-state index contributed by atoms with van der Waals surface area (Å²) in [5.41, 5.74) is 2.11. The number of aliphatic carboxylic acids is 1. The third-order valence-corrected chi connectivity index (χ3v) is 3.58. The number of phenolic OH excluding ortho intramolecular Hbond substituents is 1. The first-order valence-corrected chi connectivity index (χ1v) is 6.41. The van der Waals surface area contributed by atoms with Crippen LogP contribution in [0.5, 0.6) is 5.75 Å². The van der Waals surface area contributed by atoms with Gasteiger partial charge < -0.3 is 10.2 Å². The van der Waals surface area contributed by atoms with Crippen LogP contribution in [0.2, 0.25) is 0 Å². The van der Waals surface area contributed by atoms with E-state index >= 15 is 0 Å². The number of hydrogen-bond acceptors (Lipinski definition) is 2. The smallest absolute Gasteiger partial charge is 0.303 e. The van der Waals surface area contributed by atoms with Crippen LogP contribution in [-0.4, -0.2) is 16.2 Å². The van der Waals surface area contributed by atoms with Gasteiger partial charge >= 0.3 is 5.97 Å².